The molecule has 11 heavy (non-hydrogen) atoms. The van der Waals surface area contributed by atoms with E-state index < -0.39 is 0 Å². The summed E-state index contributed by atoms with van der Waals surface area (Å²) < 4.78 is 2.35. The molecule has 56 valence electrons. The van der Waals surface area contributed by atoms with Gasteiger partial charge in [0.1, 0.15) is 0 Å². The number of halogens is 2. The van der Waals surface area contributed by atoms with Crippen molar-refractivity contribution in [1.82, 2.24) is 19.6 Å². The van der Waals surface area contributed by atoms with Gasteiger partial charge in [0.05, 0.1) is 4.47 Å². The summed E-state index contributed by atoms with van der Waals surface area (Å²) in [6, 6.07) is 0. The van der Waals surface area contributed by atoms with Crippen LogP contribution in [0.2, 0.25) is 5.28 Å². The van der Waals surface area contributed by atoms with Gasteiger partial charge in [0, 0.05) is 12.4 Å². The predicted molar refractivity (Wildman–Crippen MR) is 43.5 cm³/mol. The van der Waals surface area contributed by atoms with Crippen molar-refractivity contribution < 1.29 is 0 Å². The predicted octanol–water partition coefficient (Wildman–Crippen LogP) is 1.54. The zero-order valence-corrected chi connectivity index (χ0v) is 7.54. The lowest BCUT2D eigenvalue weighted by molar-refractivity contribution is 0.933. The van der Waals surface area contributed by atoms with Gasteiger partial charge < -0.3 is 0 Å². The molecule has 2 aromatic rings. The normalized spacial score (nSPS) is 10.7. The summed E-state index contributed by atoms with van der Waals surface area (Å²) in [5.41, 5.74) is 0. The summed E-state index contributed by atoms with van der Waals surface area (Å²) >= 11 is 8.78. The average molecular weight is 233 g/mol. The monoisotopic (exact) mass is 232 g/mol. The first-order valence-electron chi connectivity index (χ1n) is 2.79. The van der Waals surface area contributed by atoms with Crippen LogP contribution < -0.4 is 0 Å². The zero-order chi connectivity index (χ0) is 7.84. The Morgan fingerprint density at radius 3 is 3.18 bits per heavy atom. The fourth-order valence-corrected chi connectivity index (χ4v) is 1.19. The minimum absolute atomic E-state index is 0.204. The van der Waals surface area contributed by atoms with Crippen LogP contribution >= 0.6 is 27.5 Å². The fraction of sp³-hybridized carbons (Fsp3) is 0. The van der Waals surface area contributed by atoms with Gasteiger partial charge in [0.2, 0.25) is 5.28 Å². The first-order valence-corrected chi connectivity index (χ1v) is 3.96. The Balaban J connectivity index is 2.82. The molecule has 0 bridgehead atoms. The number of fused-ring (bicyclic) bond motifs is 1. The number of rotatable bonds is 0. The molecule has 0 fully saturated rings. The lowest BCUT2D eigenvalue weighted by Gasteiger charge is -1.88. The second kappa shape index (κ2) is 2.42. The van der Waals surface area contributed by atoms with E-state index in [1.54, 1.807) is 12.4 Å². The topological polar surface area (TPSA) is 43.1 Å². The van der Waals surface area contributed by atoms with Crippen molar-refractivity contribution in [2.75, 3.05) is 0 Å². The smallest absolute Gasteiger partial charge is 0.218 e. The standard InChI is InChI=1S/C5H2BrClN4/c6-3-1-8-5-9-4(7)10-11(5)2-3/h1-2H. The SMILES string of the molecule is Clc1nc2ncc(Br)cn2n1. The van der Waals surface area contributed by atoms with Crippen molar-refractivity contribution in [2.24, 2.45) is 0 Å². The van der Waals surface area contributed by atoms with Crippen LogP contribution in [0.4, 0.5) is 0 Å². The maximum absolute atomic E-state index is 5.54. The van der Waals surface area contributed by atoms with Gasteiger partial charge in [-0.15, -0.1) is 5.10 Å². The third-order valence-electron chi connectivity index (χ3n) is 1.14. The molecule has 0 aliphatic heterocycles. The van der Waals surface area contributed by atoms with Crippen molar-refractivity contribution in [3.8, 4) is 0 Å². The maximum atomic E-state index is 5.54. The van der Waals surface area contributed by atoms with E-state index in [-0.39, 0.29) is 5.28 Å². The number of nitrogens with zero attached hydrogens (tertiary/aromatic N) is 4. The summed E-state index contributed by atoms with van der Waals surface area (Å²) in [5, 5.41) is 4.06. The Bertz CT molecular complexity index is 398. The van der Waals surface area contributed by atoms with Gasteiger partial charge in [-0.1, -0.05) is 0 Å². The van der Waals surface area contributed by atoms with Crippen molar-refractivity contribution in [3.63, 3.8) is 0 Å². The highest BCUT2D eigenvalue weighted by molar-refractivity contribution is 9.10. The summed E-state index contributed by atoms with van der Waals surface area (Å²) in [6.45, 7) is 0. The largest absolute Gasteiger partial charge is 0.253 e. The molecule has 0 spiro atoms. The van der Waals surface area contributed by atoms with Gasteiger partial charge in [-0.05, 0) is 27.5 Å². The van der Waals surface area contributed by atoms with E-state index in [0.717, 1.165) is 4.47 Å². The van der Waals surface area contributed by atoms with Gasteiger partial charge >= 0.3 is 0 Å². The van der Waals surface area contributed by atoms with Crippen molar-refractivity contribution in [2.45, 2.75) is 0 Å². The van der Waals surface area contributed by atoms with Gasteiger partial charge in [0.25, 0.3) is 5.78 Å². The highest BCUT2D eigenvalue weighted by atomic mass is 79.9. The summed E-state index contributed by atoms with van der Waals surface area (Å²) in [7, 11) is 0. The number of aromatic nitrogens is 4. The molecule has 0 unspecified atom stereocenters. The molecular weight excluding hydrogens is 231 g/mol. The van der Waals surface area contributed by atoms with Crippen LogP contribution in [0, 0.1) is 0 Å². The lowest BCUT2D eigenvalue weighted by Crippen LogP contribution is -1.88. The van der Waals surface area contributed by atoms with Crippen LogP contribution in [0.25, 0.3) is 5.78 Å². The van der Waals surface area contributed by atoms with Crippen molar-refractivity contribution in [1.29, 1.82) is 0 Å². The van der Waals surface area contributed by atoms with Crippen LogP contribution in [-0.2, 0) is 0 Å². The highest BCUT2D eigenvalue weighted by Gasteiger charge is 2.00. The fourth-order valence-electron chi connectivity index (χ4n) is 0.734. The first-order chi connectivity index (χ1) is 5.25. The van der Waals surface area contributed by atoms with E-state index in [9.17, 15) is 0 Å². The van der Waals surface area contributed by atoms with Gasteiger partial charge in [0.15, 0.2) is 0 Å². The molecule has 4 nitrogen and oxygen atoms in total. The lowest BCUT2D eigenvalue weighted by atomic mass is 10.7. The van der Waals surface area contributed by atoms with Gasteiger partial charge in [-0.3, -0.25) is 0 Å². The third-order valence-corrected chi connectivity index (χ3v) is 1.71. The molecule has 6 heteroatoms. The molecule has 0 aliphatic rings. The Morgan fingerprint density at radius 2 is 2.36 bits per heavy atom. The van der Waals surface area contributed by atoms with Crippen molar-refractivity contribution >= 4 is 33.3 Å². The molecular formula is C5H2BrClN4. The summed E-state index contributed by atoms with van der Waals surface area (Å²) in [4.78, 5) is 7.80. The van der Waals surface area contributed by atoms with E-state index in [1.165, 1.54) is 4.52 Å². The van der Waals surface area contributed by atoms with Crippen LogP contribution in [0.15, 0.2) is 16.9 Å². The third kappa shape index (κ3) is 1.21. The number of hydrogen-bond donors (Lipinski definition) is 0. The number of hydrogen-bond acceptors (Lipinski definition) is 3. The van der Waals surface area contributed by atoms with Gasteiger partial charge in [-0.2, -0.15) is 4.98 Å². The molecule has 0 saturated carbocycles. The Morgan fingerprint density at radius 1 is 1.55 bits per heavy atom. The van der Waals surface area contributed by atoms with E-state index >= 15 is 0 Å². The Kier molecular flexibility index (Phi) is 1.54. The molecule has 0 amide bonds. The second-order valence-corrected chi connectivity index (χ2v) is 3.15. The second-order valence-electron chi connectivity index (χ2n) is 1.90. The molecule has 0 atom stereocenters. The quantitative estimate of drug-likeness (QED) is 0.693. The molecule has 0 aromatic carbocycles. The molecule has 2 heterocycles. The van der Waals surface area contributed by atoms with E-state index in [4.69, 9.17) is 11.6 Å². The first kappa shape index (κ1) is 7.00. The molecule has 0 radical (unpaired) electrons. The molecule has 0 N–H and O–H groups in total. The molecule has 2 aromatic heterocycles. The van der Waals surface area contributed by atoms with Crippen LogP contribution in [0.3, 0.4) is 0 Å². The summed E-state index contributed by atoms with van der Waals surface area (Å²) in [5.74, 6) is 0.498. The average Bonchev–Trinajstić information content (AvgIpc) is 2.27. The van der Waals surface area contributed by atoms with E-state index in [2.05, 4.69) is 31.0 Å². The Labute approximate surface area is 75.3 Å². The van der Waals surface area contributed by atoms with E-state index in [1.807, 2.05) is 0 Å². The maximum Gasteiger partial charge on any atom is 0.253 e. The van der Waals surface area contributed by atoms with E-state index in [0.29, 0.717) is 5.78 Å². The van der Waals surface area contributed by atoms with Crippen LogP contribution in [0.1, 0.15) is 0 Å². The molecule has 0 saturated heterocycles. The highest BCUT2D eigenvalue weighted by Crippen LogP contribution is 2.08. The minimum atomic E-state index is 0.204. The summed E-state index contributed by atoms with van der Waals surface area (Å²) in [6.07, 6.45) is 3.38. The Hall–Kier alpha value is -0.680. The minimum Gasteiger partial charge on any atom is -0.218 e. The van der Waals surface area contributed by atoms with Crippen LogP contribution in [0.5, 0.6) is 0 Å². The van der Waals surface area contributed by atoms with Crippen molar-refractivity contribution in [3.05, 3.63) is 22.1 Å². The molecule has 0 aliphatic carbocycles. The van der Waals surface area contributed by atoms with Crippen LogP contribution in [-0.4, -0.2) is 19.6 Å². The molecule has 2 rings (SSSR count). The zero-order valence-electron chi connectivity index (χ0n) is 5.20. The van der Waals surface area contributed by atoms with Gasteiger partial charge in [-0.25, -0.2) is 9.50 Å².